The molecule has 1 fully saturated rings. The summed E-state index contributed by atoms with van der Waals surface area (Å²) in [5.74, 6) is 0.864. The molecule has 2 heterocycles. The second-order valence-electron chi connectivity index (χ2n) is 5.52. The summed E-state index contributed by atoms with van der Waals surface area (Å²) in [5, 5.41) is 2.96. The molecular formula is C17H21N5O. The van der Waals surface area contributed by atoms with Crippen LogP contribution in [0.1, 0.15) is 12.5 Å². The van der Waals surface area contributed by atoms with E-state index in [1.165, 1.54) is 5.56 Å². The molecule has 23 heavy (non-hydrogen) atoms. The van der Waals surface area contributed by atoms with Crippen LogP contribution in [-0.4, -0.2) is 47.1 Å². The first kappa shape index (κ1) is 15.3. The topological polar surface area (TPSA) is 61.4 Å². The Morgan fingerprint density at radius 3 is 2.48 bits per heavy atom. The van der Waals surface area contributed by atoms with Crippen LogP contribution in [0.4, 0.5) is 16.3 Å². The van der Waals surface area contributed by atoms with Gasteiger partial charge in [0.15, 0.2) is 0 Å². The first-order chi connectivity index (χ1) is 11.3. The summed E-state index contributed by atoms with van der Waals surface area (Å²) in [5.41, 5.74) is 2.10. The Kier molecular flexibility index (Phi) is 4.71. The third-order valence-corrected chi connectivity index (χ3v) is 4.05. The van der Waals surface area contributed by atoms with Crippen molar-refractivity contribution in [3.8, 4) is 0 Å². The highest BCUT2D eigenvalue weighted by atomic mass is 16.2. The average Bonchev–Trinajstić information content (AvgIpc) is 2.63. The van der Waals surface area contributed by atoms with Gasteiger partial charge in [0.1, 0.15) is 5.82 Å². The van der Waals surface area contributed by atoms with E-state index in [2.05, 4.69) is 27.1 Å². The molecule has 1 aromatic heterocycles. The highest BCUT2D eigenvalue weighted by Crippen LogP contribution is 2.14. The summed E-state index contributed by atoms with van der Waals surface area (Å²) in [6.07, 6.45) is 6.11. The van der Waals surface area contributed by atoms with E-state index in [-0.39, 0.29) is 6.03 Å². The summed E-state index contributed by atoms with van der Waals surface area (Å²) in [6, 6.07) is 7.94. The number of nitrogens with one attached hydrogen (secondary N) is 1. The van der Waals surface area contributed by atoms with E-state index in [4.69, 9.17) is 0 Å². The average molecular weight is 311 g/mol. The molecular weight excluding hydrogens is 290 g/mol. The number of rotatable bonds is 3. The maximum Gasteiger partial charge on any atom is 0.321 e. The van der Waals surface area contributed by atoms with E-state index in [0.717, 1.165) is 31.0 Å². The number of piperazine rings is 1. The normalized spacial score (nSPS) is 14.7. The standard InChI is InChI=1S/C17H21N5O/c1-2-14-3-5-15(6-4-14)20-17(23)22-11-9-21(10-12-22)16-13-18-7-8-19-16/h3-8,13H,2,9-12H2,1H3,(H,20,23). The van der Waals surface area contributed by atoms with Crippen molar-refractivity contribution in [2.24, 2.45) is 0 Å². The Labute approximate surface area is 136 Å². The van der Waals surface area contributed by atoms with E-state index in [1.54, 1.807) is 18.6 Å². The molecule has 0 spiro atoms. The minimum Gasteiger partial charge on any atom is -0.352 e. The molecule has 1 aliphatic heterocycles. The third-order valence-electron chi connectivity index (χ3n) is 4.05. The molecule has 1 aliphatic rings. The zero-order chi connectivity index (χ0) is 16.1. The molecule has 2 aromatic rings. The van der Waals surface area contributed by atoms with E-state index in [9.17, 15) is 4.79 Å². The number of hydrogen-bond donors (Lipinski definition) is 1. The van der Waals surface area contributed by atoms with Gasteiger partial charge in [-0.15, -0.1) is 0 Å². The maximum absolute atomic E-state index is 12.3. The fourth-order valence-electron chi connectivity index (χ4n) is 2.62. The summed E-state index contributed by atoms with van der Waals surface area (Å²) in [6.45, 7) is 5.00. The summed E-state index contributed by atoms with van der Waals surface area (Å²) in [4.78, 5) is 24.7. The highest BCUT2D eigenvalue weighted by molar-refractivity contribution is 5.89. The maximum atomic E-state index is 12.3. The van der Waals surface area contributed by atoms with Crippen molar-refractivity contribution in [1.82, 2.24) is 14.9 Å². The number of nitrogens with zero attached hydrogens (tertiary/aromatic N) is 4. The van der Waals surface area contributed by atoms with Crippen LogP contribution < -0.4 is 10.2 Å². The Morgan fingerprint density at radius 2 is 1.87 bits per heavy atom. The van der Waals surface area contributed by atoms with Crippen LogP contribution in [0.3, 0.4) is 0 Å². The van der Waals surface area contributed by atoms with Crippen molar-refractivity contribution in [3.63, 3.8) is 0 Å². The largest absolute Gasteiger partial charge is 0.352 e. The fourth-order valence-corrected chi connectivity index (χ4v) is 2.62. The van der Waals surface area contributed by atoms with E-state index >= 15 is 0 Å². The van der Waals surface area contributed by atoms with E-state index in [1.807, 2.05) is 29.2 Å². The first-order valence-electron chi connectivity index (χ1n) is 7.92. The van der Waals surface area contributed by atoms with Gasteiger partial charge in [0.05, 0.1) is 6.20 Å². The zero-order valence-corrected chi connectivity index (χ0v) is 13.3. The Hall–Kier alpha value is -2.63. The molecule has 3 rings (SSSR count). The number of urea groups is 1. The van der Waals surface area contributed by atoms with Gasteiger partial charge in [-0.2, -0.15) is 0 Å². The second-order valence-corrected chi connectivity index (χ2v) is 5.52. The SMILES string of the molecule is CCc1ccc(NC(=O)N2CCN(c3cnccn3)CC2)cc1. The van der Waals surface area contributed by atoms with Gasteiger partial charge in [-0.25, -0.2) is 9.78 Å². The van der Waals surface area contributed by atoms with Gasteiger partial charge in [-0.05, 0) is 24.1 Å². The van der Waals surface area contributed by atoms with Crippen molar-refractivity contribution in [2.75, 3.05) is 36.4 Å². The van der Waals surface area contributed by atoms with Crippen molar-refractivity contribution in [3.05, 3.63) is 48.4 Å². The smallest absolute Gasteiger partial charge is 0.321 e. The van der Waals surface area contributed by atoms with Crippen LogP contribution in [-0.2, 0) is 6.42 Å². The lowest BCUT2D eigenvalue weighted by Crippen LogP contribution is -2.50. The lowest BCUT2D eigenvalue weighted by atomic mass is 10.1. The highest BCUT2D eigenvalue weighted by Gasteiger charge is 2.21. The Bertz CT molecular complexity index is 636. The van der Waals surface area contributed by atoms with Gasteiger partial charge in [0.2, 0.25) is 0 Å². The first-order valence-corrected chi connectivity index (χ1v) is 7.92. The number of carbonyl (C=O) groups is 1. The molecule has 0 radical (unpaired) electrons. The van der Waals surface area contributed by atoms with E-state index in [0.29, 0.717) is 13.1 Å². The molecule has 0 aliphatic carbocycles. The van der Waals surface area contributed by atoms with Gasteiger partial charge in [-0.1, -0.05) is 19.1 Å². The van der Waals surface area contributed by atoms with Gasteiger partial charge < -0.3 is 15.1 Å². The third kappa shape index (κ3) is 3.77. The van der Waals surface area contributed by atoms with Gasteiger partial charge in [0.25, 0.3) is 0 Å². The molecule has 0 atom stereocenters. The minimum atomic E-state index is -0.0481. The van der Waals surface area contributed by atoms with Crippen LogP contribution in [0.5, 0.6) is 0 Å². The van der Waals surface area contributed by atoms with Crippen LogP contribution in [0, 0.1) is 0 Å². The van der Waals surface area contributed by atoms with Gasteiger partial charge in [0, 0.05) is 44.3 Å². The molecule has 2 amide bonds. The number of anilines is 2. The zero-order valence-electron chi connectivity index (χ0n) is 13.3. The summed E-state index contributed by atoms with van der Waals surface area (Å²) in [7, 11) is 0. The number of amides is 2. The number of aromatic nitrogens is 2. The number of hydrogen-bond acceptors (Lipinski definition) is 4. The number of benzene rings is 1. The van der Waals surface area contributed by atoms with Crippen molar-refractivity contribution < 1.29 is 4.79 Å². The lowest BCUT2D eigenvalue weighted by Gasteiger charge is -2.35. The number of aryl methyl sites for hydroxylation is 1. The lowest BCUT2D eigenvalue weighted by molar-refractivity contribution is 0.208. The number of carbonyl (C=O) groups excluding carboxylic acids is 1. The monoisotopic (exact) mass is 311 g/mol. The fraction of sp³-hybridized carbons (Fsp3) is 0.353. The van der Waals surface area contributed by atoms with Crippen LogP contribution in [0.25, 0.3) is 0 Å². The molecule has 1 N–H and O–H groups in total. The predicted octanol–water partition coefficient (Wildman–Crippen LogP) is 2.39. The summed E-state index contributed by atoms with van der Waals surface area (Å²) >= 11 is 0. The van der Waals surface area contributed by atoms with E-state index < -0.39 is 0 Å². The molecule has 0 bridgehead atoms. The second kappa shape index (κ2) is 7.09. The molecule has 0 unspecified atom stereocenters. The van der Waals surface area contributed by atoms with Crippen molar-refractivity contribution >= 4 is 17.5 Å². The Balaban J connectivity index is 1.53. The molecule has 6 heteroatoms. The van der Waals surface area contributed by atoms with Crippen molar-refractivity contribution in [1.29, 1.82) is 0 Å². The van der Waals surface area contributed by atoms with Crippen LogP contribution in [0.15, 0.2) is 42.9 Å². The summed E-state index contributed by atoms with van der Waals surface area (Å²) < 4.78 is 0. The van der Waals surface area contributed by atoms with Crippen LogP contribution >= 0.6 is 0 Å². The van der Waals surface area contributed by atoms with Gasteiger partial charge >= 0.3 is 6.03 Å². The molecule has 1 aromatic carbocycles. The minimum absolute atomic E-state index is 0.0481. The van der Waals surface area contributed by atoms with Crippen LogP contribution in [0.2, 0.25) is 0 Å². The quantitative estimate of drug-likeness (QED) is 0.945. The molecule has 120 valence electrons. The Morgan fingerprint density at radius 1 is 1.13 bits per heavy atom. The molecule has 1 saturated heterocycles. The predicted molar refractivity (Wildman–Crippen MR) is 90.7 cm³/mol. The van der Waals surface area contributed by atoms with Gasteiger partial charge in [-0.3, -0.25) is 4.98 Å². The molecule has 0 saturated carbocycles. The van der Waals surface area contributed by atoms with Crippen molar-refractivity contribution in [2.45, 2.75) is 13.3 Å². The molecule has 6 nitrogen and oxygen atoms in total.